The average molecular weight is 383 g/mol. The zero-order valence-electron chi connectivity index (χ0n) is 16.6. The summed E-state index contributed by atoms with van der Waals surface area (Å²) in [4.78, 5) is 0. The second-order valence-corrected chi connectivity index (χ2v) is 12.1. The molecule has 0 amide bonds. The quantitative estimate of drug-likeness (QED) is 0.442. The molecular formula is C21H34S3. The zero-order chi connectivity index (χ0) is 18.6. The predicted molar refractivity (Wildman–Crippen MR) is 119 cm³/mol. The lowest BCUT2D eigenvalue weighted by Gasteiger charge is -2.46. The predicted octanol–water partition coefficient (Wildman–Crippen LogP) is 7.78. The average Bonchev–Trinajstić information content (AvgIpc) is 2.52. The van der Waals surface area contributed by atoms with Crippen LogP contribution >= 0.6 is 35.7 Å². The van der Waals surface area contributed by atoms with Gasteiger partial charge >= 0.3 is 0 Å². The van der Waals surface area contributed by atoms with Crippen molar-refractivity contribution in [2.24, 2.45) is 10.8 Å². The van der Waals surface area contributed by atoms with E-state index in [1.807, 2.05) is 11.8 Å². The number of hydrogen-bond donors (Lipinski definition) is 0. The van der Waals surface area contributed by atoms with Crippen LogP contribution < -0.4 is 0 Å². The molecule has 0 heterocycles. The van der Waals surface area contributed by atoms with Crippen molar-refractivity contribution >= 4 is 39.3 Å². The standard InChI is InChI=1S/C21H34S3/c1-9-19(2,3)20(4,5)15-17(16-13-11-10-12-14-16)21(6,7)24-18(22)23-8/h10-14,17H,9,15H2,1-8H3. The number of benzene rings is 1. The topological polar surface area (TPSA) is 0 Å². The molecule has 0 bridgehead atoms. The van der Waals surface area contributed by atoms with Crippen LogP contribution in [0.2, 0.25) is 0 Å². The molecule has 3 heteroatoms. The van der Waals surface area contributed by atoms with E-state index in [0.29, 0.717) is 11.3 Å². The van der Waals surface area contributed by atoms with Crippen molar-refractivity contribution in [3.05, 3.63) is 35.9 Å². The van der Waals surface area contributed by atoms with Gasteiger partial charge in [-0.15, -0.1) is 23.5 Å². The fraction of sp³-hybridized carbons (Fsp3) is 0.667. The molecule has 24 heavy (non-hydrogen) atoms. The van der Waals surface area contributed by atoms with Gasteiger partial charge in [0.1, 0.15) is 3.53 Å². The Bertz CT molecular complexity index is 529. The largest absolute Gasteiger partial charge is 0.111 e. The van der Waals surface area contributed by atoms with Crippen molar-refractivity contribution in [2.45, 2.75) is 72.0 Å². The number of thioether (sulfide) groups is 2. The molecule has 136 valence electrons. The van der Waals surface area contributed by atoms with E-state index >= 15 is 0 Å². The molecule has 0 aliphatic rings. The smallest absolute Gasteiger partial charge is 0.104 e. The van der Waals surface area contributed by atoms with E-state index in [1.54, 1.807) is 11.8 Å². The summed E-state index contributed by atoms with van der Waals surface area (Å²) in [5.41, 5.74) is 1.99. The van der Waals surface area contributed by atoms with Crippen molar-refractivity contribution in [1.82, 2.24) is 0 Å². The third-order valence-corrected chi connectivity index (χ3v) is 8.80. The SMILES string of the molecule is CCC(C)(C)C(C)(C)CC(c1ccccc1)C(C)(C)SC(=S)SC. The van der Waals surface area contributed by atoms with Crippen molar-refractivity contribution in [3.8, 4) is 0 Å². The second-order valence-electron chi connectivity index (χ2n) is 8.45. The van der Waals surface area contributed by atoms with Crippen LogP contribution in [0.4, 0.5) is 0 Å². The van der Waals surface area contributed by atoms with Crippen molar-refractivity contribution in [2.75, 3.05) is 6.26 Å². The Hall–Kier alpha value is 0.01000. The Kier molecular flexibility index (Phi) is 7.90. The Morgan fingerprint density at radius 1 is 1.00 bits per heavy atom. The summed E-state index contributed by atoms with van der Waals surface area (Å²) in [5, 5.41) is 0. The Morgan fingerprint density at radius 2 is 1.54 bits per heavy atom. The summed E-state index contributed by atoms with van der Waals surface area (Å²) in [6, 6.07) is 11.0. The molecule has 0 aliphatic heterocycles. The molecule has 0 saturated carbocycles. The van der Waals surface area contributed by atoms with Crippen molar-refractivity contribution in [3.63, 3.8) is 0 Å². The molecule has 1 unspecified atom stereocenters. The van der Waals surface area contributed by atoms with E-state index in [-0.39, 0.29) is 10.2 Å². The van der Waals surface area contributed by atoms with Crippen LogP contribution in [0.5, 0.6) is 0 Å². The van der Waals surface area contributed by atoms with E-state index in [9.17, 15) is 0 Å². The molecule has 0 nitrogen and oxygen atoms in total. The highest BCUT2D eigenvalue weighted by atomic mass is 32.2. The van der Waals surface area contributed by atoms with Crippen LogP contribution in [0, 0.1) is 10.8 Å². The third kappa shape index (κ3) is 5.51. The molecule has 0 radical (unpaired) electrons. The van der Waals surface area contributed by atoms with Gasteiger partial charge in [0.15, 0.2) is 0 Å². The molecule has 1 atom stereocenters. The first-order chi connectivity index (χ1) is 11.0. The highest BCUT2D eigenvalue weighted by molar-refractivity contribution is 8.47. The van der Waals surface area contributed by atoms with Gasteiger partial charge in [-0.05, 0) is 48.8 Å². The molecule has 1 aromatic carbocycles. The molecule has 0 fully saturated rings. The van der Waals surface area contributed by atoms with Gasteiger partial charge in [0.25, 0.3) is 0 Å². The molecular weight excluding hydrogens is 348 g/mol. The van der Waals surface area contributed by atoms with Gasteiger partial charge in [-0.1, -0.05) is 83.6 Å². The minimum absolute atomic E-state index is 0.0720. The summed E-state index contributed by atoms with van der Waals surface area (Å²) in [6.45, 7) is 16.7. The molecule has 0 saturated heterocycles. The maximum atomic E-state index is 5.54. The molecule has 0 N–H and O–H groups in total. The number of rotatable bonds is 7. The van der Waals surface area contributed by atoms with E-state index < -0.39 is 0 Å². The van der Waals surface area contributed by atoms with Gasteiger partial charge in [-0.2, -0.15) is 0 Å². The Morgan fingerprint density at radius 3 is 2.00 bits per heavy atom. The van der Waals surface area contributed by atoms with Crippen LogP contribution in [0.15, 0.2) is 30.3 Å². The fourth-order valence-corrected chi connectivity index (χ4v) is 5.46. The Balaban J connectivity index is 3.23. The number of thiocarbonyl (C=S) groups is 1. The minimum atomic E-state index is 0.0720. The van der Waals surface area contributed by atoms with E-state index in [1.165, 1.54) is 12.0 Å². The van der Waals surface area contributed by atoms with Gasteiger partial charge in [0, 0.05) is 4.75 Å². The van der Waals surface area contributed by atoms with Crippen LogP contribution in [0.25, 0.3) is 0 Å². The second kappa shape index (κ2) is 8.60. The molecule has 1 rings (SSSR count). The van der Waals surface area contributed by atoms with Gasteiger partial charge in [0.05, 0.1) is 0 Å². The van der Waals surface area contributed by atoms with Crippen LogP contribution in [-0.4, -0.2) is 14.5 Å². The first-order valence-corrected chi connectivity index (χ1v) is 11.2. The molecule has 0 spiro atoms. The van der Waals surface area contributed by atoms with E-state index in [2.05, 4.69) is 85.1 Å². The van der Waals surface area contributed by atoms with E-state index in [4.69, 9.17) is 12.2 Å². The van der Waals surface area contributed by atoms with E-state index in [0.717, 1.165) is 9.95 Å². The number of hydrogen-bond acceptors (Lipinski definition) is 3. The normalized spacial score (nSPS) is 14.5. The maximum Gasteiger partial charge on any atom is 0.104 e. The highest BCUT2D eigenvalue weighted by Gasteiger charge is 2.42. The summed E-state index contributed by atoms with van der Waals surface area (Å²) < 4.78 is 1.11. The van der Waals surface area contributed by atoms with Gasteiger partial charge in [-0.25, -0.2) is 0 Å². The van der Waals surface area contributed by atoms with Gasteiger partial charge in [-0.3, -0.25) is 0 Å². The summed E-state index contributed by atoms with van der Waals surface area (Å²) in [6.07, 6.45) is 4.43. The summed E-state index contributed by atoms with van der Waals surface area (Å²) in [5.74, 6) is 0.467. The van der Waals surface area contributed by atoms with Crippen LogP contribution in [-0.2, 0) is 0 Å². The molecule has 0 aromatic heterocycles. The van der Waals surface area contributed by atoms with Gasteiger partial charge in [0.2, 0.25) is 0 Å². The lowest BCUT2D eigenvalue weighted by atomic mass is 9.61. The summed E-state index contributed by atoms with van der Waals surface area (Å²) >= 11 is 9.08. The third-order valence-electron chi connectivity index (χ3n) is 5.98. The Labute approximate surface area is 164 Å². The van der Waals surface area contributed by atoms with Crippen LogP contribution in [0.1, 0.15) is 72.8 Å². The van der Waals surface area contributed by atoms with Gasteiger partial charge < -0.3 is 0 Å². The minimum Gasteiger partial charge on any atom is -0.111 e. The van der Waals surface area contributed by atoms with Crippen molar-refractivity contribution < 1.29 is 0 Å². The molecule has 1 aromatic rings. The van der Waals surface area contributed by atoms with Crippen LogP contribution in [0.3, 0.4) is 0 Å². The van der Waals surface area contributed by atoms with Crippen molar-refractivity contribution in [1.29, 1.82) is 0 Å². The lowest BCUT2D eigenvalue weighted by Crippen LogP contribution is -2.38. The zero-order valence-corrected chi connectivity index (χ0v) is 19.1. The first-order valence-electron chi connectivity index (χ1n) is 8.79. The first kappa shape index (κ1) is 22.1. The lowest BCUT2D eigenvalue weighted by molar-refractivity contribution is 0.0807. The fourth-order valence-electron chi connectivity index (χ4n) is 3.04. The monoisotopic (exact) mass is 382 g/mol. The summed E-state index contributed by atoms with van der Waals surface area (Å²) in [7, 11) is 0. The highest BCUT2D eigenvalue weighted by Crippen LogP contribution is 2.52. The molecule has 0 aliphatic carbocycles. The maximum absolute atomic E-state index is 5.54.